The van der Waals surface area contributed by atoms with E-state index in [1.807, 2.05) is 0 Å². The fourth-order valence-electron chi connectivity index (χ4n) is 1.83. The lowest BCUT2D eigenvalue weighted by molar-refractivity contribution is -0.115. The second kappa shape index (κ2) is 8.62. The van der Waals surface area contributed by atoms with Gasteiger partial charge < -0.3 is 10.4 Å². The Hall–Kier alpha value is -2.41. The number of carboxylic acids is 1. The molecule has 1 amide bonds. The molecule has 0 aliphatic heterocycles. The number of hydrogen-bond acceptors (Lipinski definition) is 3. The summed E-state index contributed by atoms with van der Waals surface area (Å²) in [7, 11) is 0. The number of amides is 1. The molecular formula is C17H12Cl2N2O3S. The molecule has 0 heterocycles. The zero-order valence-electron chi connectivity index (χ0n) is 12.6. The van der Waals surface area contributed by atoms with Crippen molar-refractivity contribution in [1.82, 2.24) is 5.32 Å². The van der Waals surface area contributed by atoms with Gasteiger partial charge in [-0.2, -0.15) is 0 Å². The van der Waals surface area contributed by atoms with Crippen molar-refractivity contribution in [3.63, 3.8) is 0 Å². The monoisotopic (exact) mass is 394 g/mol. The molecule has 0 aliphatic rings. The fourth-order valence-corrected chi connectivity index (χ4v) is 2.37. The van der Waals surface area contributed by atoms with Crippen molar-refractivity contribution < 1.29 is 14.7 Å². The van der Waals surface area contributed by atoms with Gasteiger partial charge in [0.2, 0.25) is 5.91 Å². The van der Waals surface area contributed by atoms with E-state index in [0.717, 1.165) is 5.56 Å². The van der Waals surface area contributed by atoms with Crippen LogP contribution in [0.1, 0.15) is 15.9 Å². The van der Waals surface area contributed by atoms with E-state index in [2.05, 4.69) is 10.6 Å². The van der Waals surface area contributed by atoms with E-state index in [1.165, 1.54) is 18.2 Å². The summed E-state index contributed by atoms with van der Waals surface area (Å²) in [6, 6.07) is 11.3. The number of benzene rings is 2. The van der Waals surface area contributed by atoms with Crippen molar-refractivity contribution in [3.8, 4) is 0 Å². The van der Waals surface area contributed by atoms with E-state index in [1.54, 1.807) is 36.4 Å². The lowest BCUT2D eigenvalue weighted by Crippen LogP contribution is -2.32. The molecule has 2 aromatic carbocycles. The molecule has 0 radical (unpaired) electrons. The van der Waals surface area contributed by atoms with Crippen LogP contribution < -0.4 is 10.6 Å². The molecule has 25 heavy (non-hydrogen) atoms. The minimum atomic E-state index is -1.16. The number of carbonyl (C=O) groups excluding carboxylic acids is 1. The van der Waals surface area contributed by atoms with Gasteiger partial charge in [-0.05, 0) is 54.2 Å². The van der Waals surface area contributed by atoms with Crippen LogP contribution in [-0.4, -0.2) is 22.1 Å². The molecule has 2 aromatic rings. The molecule has 0 bridgehead atoms. The van der Waals surface area contributed by atoms with E-state index in [-0.39, 0.29) is 15.7 Å². The molecule has 3 N–H and O–H groups in total. The van der Waals surface area contributed by atoms with E-state index < -0.39 is 11.9 Å². The van der Waals surface area contributed by atoms with Crippen LogP contribution in [0.3, 0.4) is 0 Å². The van der Waals surface area contributed by atoms with Gasteiger partial charge in [0.1, 0.15) is 0 Å². The van der Waals surface area contributed by atoms with Crippen LogP contribution in [-0.2, 0) is 4.79 Å². The predicted octanol–water partition coefficient (Wildman–Crippen LogP) is 4.22. The fraction of sp³-hybridized carbons (Fsp3) is 0. The van der Waals surface area contributed by atoms with Gasteiger partial charge in [-0.25, -0.2) is 4.79 Å². The molecule has 0 saturated carbocycles. The highest BCUT2D eigenvalue weighted by Crippen LogP contribution is 2.20. The van der Waals surface area contributed by atoms with Crippen molar-refractivity contribution in [2.75, 3.05) is 5.32 Å². The Morgan fingerprint density at radius 1 is 1.08 bits per heavy atom. The van der Waals surface area contributed by atoms with Gasteiger partial charge in [-0.3, -0.25) is 10.1 Å². The third kappa shape index (κ3) is 5.86. The molecule has 0 fully saturated rings. The quantitative estimate of drug-likeness (QED) is 0.534. The van der Waals surface area contributed by atoms with Crippen LogP contribution >= 0.6 is 35.4 Å². The highest BCUT2D eigenvalue weighted by molar-refractivity contribution is 7.80. The Kier molecular flexibility index (Phi) is 6.52. The van der Waals surface area contributed by atoms with Crippen molar-refractivity contribution in [2.45, 2.75) is 0 Å². The van der Waals surface area contributed by atoms with Gasteiger partial charge in [0.25, 0.3) is 0 Å². The summed E-state index contributed by atoms with van der Waals surface area (Å²) in [5, 5.41) is 15.0. The Bertz CT molecular complexity index is 851. The van der Waals surface area contributed by atoms with Crippen molar-refractivity contribution in [2.24, 2.45) is 0 Å². The third-order valence-corrected chi connectivity index (χ3v) is 3.77. The SMILES string of the molecule is O=C(/C=C/c1ccc(Cl)cc1)NC(=S)Nc1ccc(Cl)c(C(=O)O)c1. The minimum absolute atomic E-state index is 0.0319. The van der Waals surface area contributed by atoms with Crippen molar-refractivity contribution in [3.05, 3.63) is 69.7 Å². The van der Waals surface area contributed by atoms with Crippen LogP contribution in [0.4, 0.5) is 5.69 Å². The number of nitrogens with one attached hydrogen (secondary N) is 2. The predicted molar refractivity (Wildman–Crippen MR) is 103 cm³/mol. The molecule has 2 rings (SSSR count). The number of rotatable bonds is 4. The third-order valence-electron chi connectivity index (χ3n) is 2.99. The number of hydrogen-bond donors (Lipinski definition) is 3. The minimum Gasteiger partial charge on any atom is -0.478 e. The maximum atomic E-state index is 11.8. The van der Waals surface area contributed by atoms with E-state index in [4.69, 9.17) is 40.5 Å². The molecule has 0 spiro atoms. The zero-order chi connectivity index (χ0) is 18.4. The average Bonchev–Trinajstić information content (AvgIpc) is 2.55. The van der Waals surface area contributed by atoms with Crippen LogP contribution in [0, 0.1) is 0 Å². The molecule has 0 saturated heterocycles. The van der Waals surface area contributed by atoms with Gasteiger partial charge in [0, 0.05) is 16.8 Å². The molecule has 0 aromatic heterocycles. The van der Waals surface area contributed by atoms with Crippen molar-refractivity contribution >= 4 is 64.2 Å². The highest BCUT2D eigenvalue weighted by atomic mass is 35.5. The molecule has 0 unspecified atom stereocenters. The number of thiocarbonyl (C=S) groups is 1. The van der Waals surface area contributed by atoms with Gasteiger partial charge in [0.05, 0.1) is 10.6 Å². The first-order valence-electron chi connectivity index (χ1n) is 6.93. The molecule has 0 aliphatic carbocycles. The highest BCUT2D eigenvalue weighted by Gasteiger charge is 2.10. The molecule has 0 atom stereocenters. The lowest BCUT2D eigenvalue weighted by atomic mass is 10.2. The normalized spacial score (nSPS) is 10.5. The molecule has 5 nitrogen and oxygen atoms in total. The number of aromatic carboxylic acids is 1. The summed E-state index contributed by atoms with van der Waals surface area (Å²) in [4.78, 5) is 22.9. The summed E-state index contributed by atoms with van der Waals surface area (Å²) in [5.41, 5.74) is 1.14. The maximum absolute atomic E-state index is 11.8. The van der Waals surface area contributed by atoms with E-state index in [0.29, 0.717) is 10.7 Å². The molecular weight excluding hydrogens is 383 g/mol. The maximum Gasteiger partial charge on any atom is 0.337 e. The number of halogens is 2. The van der Waals surface area contributed by atoms with Crippen LogP contribution in [0.25, 0.3) is 6.08 Å². The zero-order valence-corrected chi connectivity index (χ0v) is 15.0. The Balaban J connectivity index is 1.95. The summed E-state index contributed by atoms with van der Waals surface area (Å²) in [5.74, 6) is -1.59. The Morgan fingerprint density at radius 3 is 2.40 bits per heavy atom. The first-order valence-corrected chi connectivity index (χ1v) is 8.10. The van der Waals surface area contributed by atoms with Gasteiger partial charge in [0.15, 0.2) is 5.11 Å². The average molecular weight is 395 g/mol. The largest absolute Gasteiger partial charge is 0.478 e. The smallest absolute Gasteiger partial charge is 0.337 e. The summed E-state index contributed by atoms with van der Waals surface area (Å²) < 4.78 is 0. The van der Waals surface area contributed by atoms with E-state index >= 15 is 0 Å². The van der Waals surface area contributed by atoms with Crippen LogP contribution in [0.2, 0.25) is 10.0 Å². The topological polar surface area (TPSA) is 78.4 Å². The first-order chi connectivity index (χ1) is 11.8. The second-order valence-electron chi connectivity index (χ2n) is 4.83. The van der Waals surface area contributed by atoms with Crippen LogP contribution in [0.5, 0.6) is 0 Å². The number of carbonyl (C=O) groups is 2. The Labute approximate surface area is 159 Å². The number of anilines is 1. The Morgan fingerprint density at radius 2 is 1.76 bits per heavy atom. The van der Waals surface area contributed by atoms with Crippen LogP contribution in [0.15, 0.2) is 48.5 Å². The second-order valence-corrected chi connectivity index (χ2v) is 6.08. The van der Waals surface area contributed by atoms with Crippen molar-refractivity contribution in [1.29, 1.82) is 0 Å². The van der Waals surface area contributed by atoms with E-state index in [9.17, 15) is 9.59 Å². The standard InChI is InChI=1S/C17H12Cl2N2O3S/c18-11-4-1-10(2-5-11)3-8-15(22)21-17(25)20-12-6-7-14(19)13(9-12)16(23)24/h1-9H,(H,23,24)(H2,20,21,22,25)/b8-3+. The number of carboxylic acid groups (broad SMARTS) is 1. The van der Waals surface area contributed by atoms with Gasteiger partial charge >= 0.3 is 5.97 Å². The summed E-state index contributed by atoms with van der Waals surface area (Å²) in [6.07, 6.45) is 2.93. The first kappa shape index (κ1) is 18.9. The van der Waals surface area contributed by atoms with Gasteiger partial charge in [-0.15, -0.1) is 0 Å². The molecule has 8 heteroatoms. The van der Waals surface area contributed by atoms with Gasteiger partial charge in [-0.1, -0.05) is 35.3 Å². The summed E-state index contributed by atoms with van der Waals surface area (Å²) >= 11 is 16.6. The lowest BCUT2D eigenvalue weighted by Gasteiger charge is -2.09. The molecule has 128 valence electrons. The summed E-state index contributed by atoms with van der Waals surface area (Å²) in [6.45, 7) is 0.